The zero-order valence-electron chi connectivity index (χ0n) is 30.0. The number of nitrogens with zero attached hydrogens (tertiary/aromatic N) is 5. The number of anilines is 5. The van der Waals surface area contributed by atoms with E-state index in [0.717, 1.165) is 68.2 Å². The fourth-order valence-electron chi connectivity index (χ4n) is 7.45. The van der Waals surface area contributed by atoms with Gasteiger partial charge in [-0.05, 0) is 68.7 Å². The average Bonchev–Trinajstić information content (AvgIpc) is 3.66. The van der Waals surface area contributed by atoms with Crippen molar-refractivity contribution in [2.75, 3.05) is 60.5 Å². The summed E-state index contributed by atoms with van der Waals surface area (Å²) in [7, 11) is 1.64. The van der Waals surface area contributed by atoms with Crippen LogP contribution < -0.4 is 30.1 Å². The van der Waals surface area contributed by atoms with Crippen LogP contribution in [-0.4, -0.2) is 78.9 Å². The third-order valence-corrected chi connectivity index (χ3v) is 9.80. The SMILES string of the molecule is C=CC(=O)Nc1cc(Nc2cc(N3OCC[C@@H]3c3cccc(Oc4ccccc4)c3)ncn2)c(OC)cc1N1CCC(N2C[C@@H](C)O[C@@H](C)C2)CC1. The quantitative estimate of drug-likeness (QED) is 0.156. The van der Waals surface area contributed by atoms with Crippen LogP contribution in [0, 0.1) is 0 Å². The first-order chi connectivity index (χ1) is 25.4. The number of para-hydroxylation sites is 1. The third kappa shape index (κ3) is 8.14. The first kappa shape index (κ1) is 35.2. The number of nitrogens with one attached hydrogen (secondary N) is 2. The molecule has 3 aliphatic rings. The molecule has 0 radical (unpaired) electrons. The lowest BCUT2D eigenvalue weighted by Crippen LogP contribution is -2.53. The first-order valence-corrected chi connectivity index (χ1v) is 18.0. The summed E-state index contributed by atoms with van der Waals surface area (Å²) in [5.74, 6) is 3.01. The molecular formula is C40H47N7O5. The second-order valence-electron chi connectivity index (χ2n) is 13.5. The van der Waals surface area contributed by atoms with Crippen molar-refractivity contribution in [1.29, 1.82) is 0 Å². The molecule has 272 valence electrons. The molecule has 4 aromatic rings. The number of piperidine rings is 1. The number of rotatable bonds is 11. The van der Waals surface area contributed by atoms with Crippen molar-refractivity contribution in [3.8, 4) is 17.2 Å². The van der Waals surface area contributed by atoms with Gasteiger partial charge in [-0.3, -0.25) is 14.5 Å². The molecular weight excluding hydrogens is 658 g/mol. The van der Waals surface area contributed by atoms with Gasteiger partial charge in [0, 0.05) is 50.8 Å². The Morgan fingerprint density at radius 3 is 2.44 bits per heavy atom. The molecule has 3 atom stereocenters. The maximum absolute atomic E-state index is 12.6. The van der Waals surface area contributed by atoms with Gasteiger partial charge in [0.15, 0.2) is 5.82 Å². The molecule has 0 unspecified atom stereocenters. The van der Waals surface area contributed by atoms with Gasteiger partial charge in [0.1, 0.15) is 29.4 Å². The maximum Gasteiger partial charge on any atom is 0.247 e. The lowest BCUT2D eigenvalue weighted by atomic mass is 10.00. The zero-order valence-corrected chi connectivity index (χ0v) is 30.0. The summed E-state index contributed by atoms with van der Waals surface area (Å²) >= 11 is 0. The Kier molecular flexibility index (Phi) is 10.9. The number of benzene rings is 3. The largest absolute Gasteiger partial charge is 0.494 e. The molecule has 4 heterocycles. The van der Waals surface area contributed by atoms with E-state index in [1.807, 2.05) is 71.8 Å². The van der Waals surface area contributed by atoms with Gasteiger partial charge in [0.05, 0.1) is 49.0 Å². The van der Waals surface area contributed by atoms with Gasteiger partial charge >= 0.3 is 0 Å². The topological polar surface area (TPSA) is 114 Å². The van der Waals surface area contributed by atoms with E-state index in [-0.39, 0.29) is 24.2 Å². The highest BCUT2D eigenvalue weighted by atomic mass is 16.7. The standard InChI is InChI=1S/C40H47N7O5/c1-5-40(48)44-33-21-34(37(49-4)22-36(33)45-17-14-30(15-18-45)46-24-27(2)51-28(3)25-46)43-38-23-39(42-26-41-38)47-35(16-19-50-47)29-10-9-13-32(20-29)52-31-11-7-6-8-12-31/h5-13,20-23,26-28,30,35H,1,14-19,24-25H2,2-4H3,(H,44,48)(H,41,42,43)/t27-,28+,35-/m1/s1. The van der Waals surface area contributed by atoms with E-state index in [0.29, 0.717) is 41.4 Å². The normalized spacial score (nSPS) is 21.1. The van der Waals surface area contributed by atoms with Gasteiger partial charge < -0.3 is 29.7 Å². The van der Waals surface area contributed by atoms with Crippen LogP contribution in [0.3, 0.4) is 0 Å². The summed E-state index contributed by atoms with van der Waals surface area (Å²) in [4.78, 5) is 32.7. The molecule has 12 heteroatoms. The molecule has 3 aliphatic heterocycles. The van der Waals surface area contributed by atoms with Crippen LogP contribution in [0.5, 0.6) is 17.2 Å². The van der Waals surface area contributed by atoms with Gasteiger partial charge in [-0.25, -0.2) is 15.0 Å². The zero-order chi connectivity index (χ0) is 36.0. The monoisotopic (exact) mass is 705 g/mol. The first-order valence-electron chi connectivity index (χ1n) is 18.0. The van der Waals surface area contributed by atoms with Crippen LogP contribution in [0.1, 0.15) is 44.7 Å². The minimum Gasteiger partial charge on any atom is -0.494 e. The Morgan fingerprint density at radius 1 is 0.923 bits per heavy atom. The molecule has 52 heavy (non-hydrogen) atoms. The molecule has 2 N–H and O–H groups in total. The van der Waals surface area contributed by atoms with Crippen molar-refractivity contribution >= 4 is 34.6 Å². The lowest BCUT2D eigenvalue weighted by molar-refractivity contribution is -0.111. The van der Waals surface area contributed by atoms with E-state index in [4.69, 9.17) is 19.0 Å². The number of morpholine rings is 1. The van der Waals surface area contributed by atoms with Crippen molar-refractivity contribution in [3.05, 3.63) is 97.3 Å². The van der Waals surface area contributed by atoms with E-state index < -0.39 is 0 Å². The van der Waals surface area contributed by atoms with Crippen molar-refractivity contribution in [2.45, 2.75) is 57.4 Å². The van der Waals surface area contributed by atoms with Crippen LogP contribution >= 0.6 is 0 Å². The number of hydroxylamine groups is 1. The molecule has 1 aromatic heterocycles. The van der Waals surface area contributed by atoms with Gasteiger partial charge in [-0.15, -0.1) is 0 Å². The lowest BCUT2D eigenvalue weighted by Gasteiger charge is -2.44. The number of methoxy groups -OCH3 is 1. The fraction of sp³-hybridized carbons (Fsp3) is 0.375. The van der Waals surface area contributed by atoms with E-state index >= 15 is 0 Å². The summed E-state index contributed by atoms with van der Waals surface area (Å²) in [6.07, 6.45) is 6.08. The summed E-state index contributed by atoms with van der Waals surface area (Å²) < 4.78 is 18.0. The number of amides is 1. The van der Waals surface area contributed by atoms with Crippen LogP contribution in [-0.2, 0) is 14.4 Å². The minimum atomic E-state index is -0.289. The molecule has 0 bridgehead atoms. The molecule has 3 saturated heterocycles. The number of aromatic nitrogens is 2. The van der Waals surface area contributed by atoms with Crippen LogP contribution in [0.15, 0.2) is 91.8 Å². The van der Waals surface area contributed by atoms with Crippen molar-refractivity contribution < 1.29 is 23.8 Å². The highest BCUT2D eigenvalue weighted by Gasteiger charge is 2.32. The van der Waals surface area contributed by atoms with Crippen LogP contribution in [0.2, 0.25) is 0 Å². The fourth-order valence-corrected chi connectivity index (χ4v) is 7.45. The highest BCUT2D eigenvalue weighted by Crippen LogP contribution is 2.41. The summed E-state index contributed by atoms with van der Waals surface area (Å²) in [5.41, 5.74) is 3.26. The molecule has 0 saturated carbocycles. The molecule has 3 fully saturated rings. The second kappa shape index (κ2) is 16.0. The van der Waals surface area contributed by atoms with Crippen LogP contribution in [0.25, 0.3) is 0 Å². The Balaban J connectivity index is 1.09. The summed E-state index contributed by atoms with van der Waals surface area (Å²) in [6.45, 7) is 12.1. The second-order valence-corrected chi connectivity index (χ2v) is 13.5. The van der Waals surface area contributed by atoms with Gasteiger partial charge in [0.25, 0.3) is 0 Å². The number of carbonyl (C=O) groups excluding carboxylic acids is 1. The Bertz CT molecular complexity index is 1840. The summed E-state index contributed by atoms with van der Waals surface area (Å²) in [5, 5.41) is 8.26. The number of hydrogen-bond acceptors (Lipinski definition) is 11. The number of ether oxygens (including phenoxy) is 3. The average molecular weight is 706 g/mol. The predicted molar refractivity (Wildman–Crippen MR) is 203 cm³/mol. The molecule has 0 aliphatic carbocycles. The Labute approximate surface area is 305 Å². The molecule has 0 spiro atoms. The van der Waals surface area contributed by atoms with Gasteiger partial charge in [-0.1, -0.05) is 36.9 Å². The molecule has 12 nitrogen and oxygen atoms in total. The molecule has 3 aromatic carbocycles. The predicted octanol–water partition coefficient (Wildman–Crippen LogP) is 7.11. The maximum atomic E-state index is 12.6. The molecule has 1 amide bonds. The summed E-state index contributed by atoms with van der Waals surface area (Å²) in [6, 6.07) is 23.9. The van der Waals surface area contributed by atoms with E-state index in [9.17, 15) is 4.79 Å². The van der Waals surface area contributed by atoms with E-state index in [2.05, 4.69) is 56.9 Å². The number of hydrogen-bond donors (Lipinski definition) is 2. The number of carbonyl (C=O) groups is 1. The molecule has 7 rings (SSSR count). The highest BCUT2D eigenvalue weighted by molar-refractivity contribution is 6.02. The third-order valence-electron chi connectivity index (χ3n) is 9.80. The van der Waals surface area contributed by atoms with Gasteiger partial charge in [-0.2, -0.15) is 0 Å². The van der Waals surface area contributed by atoms with Crippen molar-refractivity contribution in [3.63, 3.8) is 0 Å². The van der Waals surface area contributed by atoms with Crippen LogP contribution in [0.4, 0.5) is 28.7 Å². The Hall–Kier alpha value is -5.17. The van der Waals surface area contributed by atoms with E-state index in [1.54, 1.807) is 7.11 Å². The van der Waals surface area contributed by atoms with E-state index in [1.165, 1.54) is 12.4 Å². The Morgan fingerprint density at radius 2 is 1.69 bits per heavy atom. The minimum absolute atomic E-state index is 0.0733. The van der Waals surface area contributed by atoms with Crippen molar-refractivity contribution in [1.82, 2.24) is 14.9 Å². The smallest absolute Gasteiger partial charge is 0.247 e. The van der Waals surface area contributed by atoms with Gasteiger partial charge in [0.2, 0.25) is 5.91 Å². The van der Waals surface area contributed by atoms with Crippen molar-refractivity contribution in [2.24, 2.45) is 0 Å².